The molecule has 9 heteroatoms. The van der Waals surface area contributed by atoms with Crippen LogP contribution in [0.4, 0.5) is 19.0 Å². The average molecular weight is 445 g/mol. The Morgan fingerprint density at radius 3 is 2.72 bits per heavy atom. The summed E-state index contributed by atoms with van der Waals surface area (Å²) in [6.45, 7) is 5.35. The number of rotatable bonds is 5. The minimum atomic E-state index is -4.51. The molecule has 1 unspecified atom stereocenters. The summed E-state index contributed by atoms with van der Waals surface area (Å²) in [6, 6.07) is 8.06. The molecular weight excluding hydrogens is 419 g/mol. The molecule has 4 rings (SSSR count). The summed E-state index contributed by atoms with van der Waals surface area (Å²) < 4.78 is 39.8. The highest BCUT2D eigenvalue weighted by Gasteiger charge is 2.34. The first kappa shape index (κ1) is 22.1. The number of H-pyrrole nitrogens is 1. The van der Waals surface area contributed by atoms with Gasteiger partial charge in [0, 0.05) is 30.6 Å². The van der Waals surface area contributed by atoms with Crippen LogP contribution >= 0.6 is 0 Å². The highest BCUT2D eigenvalue weighted by Crippen LogP contribution is 2.32. The molecule has 1 aliphatic heterocycles. The Labute approximate surface area is 184 Å². The lowest BCUT2D eigenvalue weighted by molar-refractivity contribution is -0.141. The molecule has 0 saturated carbocycles. The van der Waals surface area contributed by atoms with Crippen LogP contribution < -0.4 is 10.2 Å². The number of hydrogen-bond donors (Lipinski definition) is 2. The molecule has 0 bridgehead atoms. The van der Waals surface area contributed by atoms with E-state index in [1.165, 1.54) is 6.07 Å². The van der Waals surface area contributed by atoms with Crippen LogP contribution in [0.3, 0.4) is 0 Å². The molecule has 0 radical (unpaired) electrons. The second kappa shape index (κ2) is 8.80. The van der Waals surface area contributed by atoms with Gasteiger partial charge in [-0.15, -0.1) is 0 Å². The topological polar surface area (TPSA) is 73.9 Å². The number of halogens is 3. The number of piperidine rings is 1. The van der Waals surface area contributed by atoms with E-state index in [2.05, 4.69) is 27.4 Å². The van der Waals surface area contributed by atoms with Crippen molar-refractivity contribution in [2.75, 3.05) is 18.0 Å². The number of anilines is 1. The molecule has 6 nitrogen and oxygen atoms in total. The summed E-state index contributed by atoms with van der Waals surface area (Å²) in [5.74, 6) is 0.207. The molecule has 3 aromatic rings. The maximum absolute atomic E-state index is 13.3. The number of nitrogens with one attached hydrogen (secondary N) is 2. The minimum Gasteiger partial charge on any atom is -0.356 e. The molecule has 3 heterocycles. The first-order valence-electron chi connectivity index (χ1n) is 10.7. The van der Waals surface area contributed by atoms with E-state index in [0.29, 0.717) is 30.4 Å². The fourth-order valence-electron chi connectivity index (χ4n) is 3.98. The highest BCUT2D eigenvalue weighted by atomic mass is 19.4. The Balaban J connectivity index is 1.51. The summed E-state index contributed by atoms with van der Waals surface area (Å²) >= 11 is 0. The van der Waals surface area contributed by atoms with Gasteiger partial charge in [-0.25, -0.2) is 4.98 Å². The molecular formula is C23H26F3N5O. The smallest absolute Gasteiger partial charge is 0.356 e. The number of amides is 1. The van der Waals surface area contributed by atoms with Crippen molar-refractivity contribution >= 4 is 22.6 Å². The summed E-state index contributed by atoms with van der Waals surface area (Å²) in [6.07, 6.45) is -1.00. The van der Waals surface area contributed by atoms with Crippen molar-refractivity contribution in [3.8, 4) is 0 Å². The van der Waals surface area contributed by atoms with E-state index in [1.807, 2.05) is 23.1 Å². The van der Waals surface area contributed by atoms with Crippen LogP contribution in [0, 0.1) is 5.92 Å². The van der Waals surface area contributed by atoms with Crippen LogP contribution in [0.2, 0.25) is 0 Å². The van der Waals surface area contributed by atoms with Gasteiger partial charge in [-0.2, -0.15) is 18.3 Å². The third-order valence-electron chi connectivity index (χ3n) is 6.14. The number of pyridine rings is 1. The van der Waals surface area contributed by atoms with E-state index in [0.717, 1.165) is 35.4 Å². The van der Waals surface area contributed by atoms with Gasteiger partial charge >= 0.3 is 6.18 Å². The fourth-order valence-corrected chi connectivity index (χ4v) is 3.98. The number of benzene rings is 1. The molecule has 1 fully saturated rings. The Morgan fingerprint density at radius 1 is 1.25 bits per heavy atom. The van der Waals surface area contributed by atoms with Gasteiger partial charge in [0.2, 0.25) is 5.91 Å². The molecule has 2 aromatic heterocycles. The Bertz CT molecular complexity index is 1100. The van der Waals surface area contributed by atoms with E-state index in [1.54, 1.807) is 13.1 Å². The summed E-state index contributed by atoms with van der Waals surface area (Å²) in [5.41, 5.74) is 1.34. The van der Waals surface area contributed by atoms with Crippen LogP contribution in [0.1, 0.15) is 49.4 Å². The highest BCUT2D eigenvalue weighted by molar-refractivity contribution is 5.86. The van der Waals surface area contributed by atoms with Gasteiger partial charge in [0.1, 0.15) is 11.5 Å². The van der Waals surface area contributed by atoms with Crippen molar-refractivity contribution in [3.05, 3.63) is 53.3 Å². The molecule has 32 heavy (non-hydrogen) atoms. The van der Waals surface area contributed by atoms with Crippen molar-refractivity contribution in [2.24, 2.45) is 5.92 Å². The van der Waals surface area contributed by atoms with E-state index in [4.69, 9.17) is 0 Å². The average Bonchev–Trinajstić information content (AvgIpc) is 3.24. The first-order chi connectivity index (χ1) is 15.2. The zero-order chi connectivity index (χ0) is 22.9. The van der Waals surface area contributed by atoms with Crippen LogP contribution in [-0.2, 0) is 17.5 Å². The van der Waals surface area contributed by atoms with E-state index in [-0.39, 0.29) is 12.5 Å². The van der Waals surface area contributed by atoms with Gasteiger partial charge < -0.3 is 10.2 Å². The standard InChI is InChI=1S/C23H26F3N5O/c1-14-7-9-31(10-8-14)21-18(5-6-20(29-21)23(24,25)26)12-27-22(32)15(2)16-3-4-17-13-28-30-19(17)11-16/h3-6,11,13-15H,7-10,12H2,1-2H3,(H,27,32)(H,28,30). The second-order valence-corrected chi connectivity index (χ2v) is 8.50. The molecule has 2 N–H and O–H groups in total. The molecule has 1 aliphatic rings. The summed E-state index contributed by atoms with van der Waals surface area (Å²) in [7, 11) is 0. The molecule has 0 aliphatic carbocycles. The first-order valence-corrected chi connectivity index (χ1v) is 10.7. The molecule has 1 amide bonds. The fraction of sp³-hybridized carbons (Fsp3) is 0.435. The van der Waals surface area contributed by atoms with Crippen molar-refractivity contribution in [2.45, 2.75) is 45.3 Å². The van der Waals surface area contributed by atoms with Gasteiger partial charge in [-0.3, -0.25) is 9.89 Å². The summed E-state index contributed by atoms with van der Waals surface area (Å²) in [4.78, 5) is 18.6. The normalized spacial score (nSPS) is 16.3. The number of carbonyl (C=O) groups excluding carboxylic acids is 1. The number of nitrogens with zero attached hydrogens (tertiary/aromatic N) is 3. The van der Waals surface area contributed by atoms with E-state index in [9.17, 15) is 18.0 Å². The van der Waals surface area contributed by atoms with Crippen molar-refractivity contribution in [1.29, 1.82) is 0 Å². The van der Waals surface area contributed by atoms with Crippen LogP contribution in [-0.4, -0.2) is 34.2 Å². The van der Waals surface area contributed by atoms with Gasteiger partial charge in [0.05, 0.1) is 17.6 Å². The summed E-state index contributed by atoms with van der Waals surface area (Å²) in [5, 5.41) is 10.7. The minimum absolute atomic E-state index is 0.113. The van der Waals surface area contributed by atoms with Gasteiger partial charge in [-0.1, -0.05) is 25.1 Å². The number of hydrogen-bond acceptors (Lipinski definition) is 4. The molecule has 1 atom stereocenters. The van der Waals surface area contributed by atoms with Crippen LogP contribution in [0.25, 0.3) is 10.9 Å². The molecule has 1 saturated heterocycles. The number of carbonyl (C=O) groups is 1. The predicted molar refractivity (Wildman–Crippen MR) is 116 cm³/mol. The largest absolute Gasteiger partial charge is 0.433 e. The number of aromatic amines is 1. The Hall–Kier alpha value is -3.10. The lowest BCUT2D eigenvalue weighted by atomic mass is 9.98. The third kappa shape index (κ3) is 4.71. The monoisotopic (exact) mass is 445 g/mol. The van der Waals surface area contributed by atoms with Gasteiger partial charge in [-0.05, 0) is 43.4 Å². The SMILES string of the molecule is CC1CCN(c2nc(C(F)(F)F)ccc2CNC(=O)C(C)c2ccc3cn[nH]c3c2)CC1. The zero-order valence-corrected chi connectivity index (χ0v) is 18.0. The third-order valence-corrected chi connectivity index (χ3v) is 6.14. The van der Waals surface area contributed by atoms with Crippen molar-refractivity contribution in [1.82, 2.24) is 20.5 Å². The second-order valence-electron chi connectivity index (χ2n) is 8.50. The van der Waals surface area contributed by atoms with E-state index < -0.39 is 17.8 Å². The molecule has 170 valence electrons. The number of fused-ring (bicyclic) bond motifs is 1. The molecule has 1 aromatic carbocycles. The van der Waals surface area contributed by atoms with Crippen molar-refractivity contribution < 1.29 is 18.0 Å². The lowest BCUT2D eigenvalue weighted by Crippen LogP contribution is -2.35. The van der Waals surface area contributed by atoms with Crippen LogP contribution in [0.15, 0.2) is 36.5 Å². The van der Waals surface area contributed by atoms with Gasteiger partial charge in [0.15, 0.2) is 0 Å². The van der Waals surface area contributed by atoms with Crippen molar-refractivity contribution in [3.63, 3.8) is 0 Å². The van der Waals surface area contributed by atoms with Crippen LogP contribution in [0.5, 0.6) is 0 Å². The maximum Gasteiger partial charge on any atom is 0.433 e. The Morgan fingerprint density at radius 2 is 2.00 bits per heavy atom. The lowest BCUT2D eigenvalue weighted by Gasteiger charge is -2.33. The molecule has 0 spiro atoms. The Kier molecular flexibility index (Phi) is 6.08. The van der Waals surface area contributed by atoms with Gasteiger partial charge in [0.25, 0.3) is 0 Å². The zero-order valence-electron chi connectivity index (χ0n) is 18.0. The predicted octanol–water partition coefficient (Wildman–Crippen LogP) is 4.63. The quantitative estimate of drug-likeness (QED) is 0.601. The van der Waals surface area contributed by atoms with E-state index >= 15 is 0 Å². The number of aromatic nitrogens is 3. The maximum atomic E-state index is 13.3. The number of alkyl halides is 3.